The molecule has 1 aromatic rings. The molecule has 110 valence electrons. The van der Waals surface area contributed by atoms with Crippen LogP contribution in [0.1, 0.15) is 25.5 Å². The van der Waals surface area contributed by atoms with Gasteiger partial charge in [0.25, 0.3) is 0 Å². The number of hydrogen-bond donors (Lipinski definition) is 2. The second kappa shape index (κ2) is 5.76. The SMILES string of the molecule is COC(=O)C(C)(C)[C@@H](N)c1cc(Br)cc([N+](=O)[O-])c1O. The maximum atomic E-state index is 11.7. The number of nitro benzene ring substituents is 1. The lowest BCUT2D eigenvalue weighted by molar-refractivity contribution is -0.386. The first-order chi connectivity index (χ1) is 9.12. The number of nitrogens with zero attached hydrogens (tertiary/aromatic N) is 1. The van der Waals surface area contributed by atoms with Crippen LogP contribution in [-0.2, 0) is 9.53 Å². The van der Waals surface area contributed by atoms with Gasteiger partial charge < -0.3 is 15.6 Å². The topological polar surface area (TPSA) is 116 Å². The maximum absolute atomic E-state index is 11.7. The molecule has 0 aliphatic rings. The van der Waals surface area contributed by atoms with E-state index in [9.17, 15) is 20.0 Å². The molecule has 0 heterocycles. The molecule has 0 unspecified atom stereocenters. The molecule has 20 heavy (non-hydrogen) atoms. The monoisotopic (exact) mass is 346 g/mol. The predicted octanol–water partition coefficient (Wildman–Crippen LogP) is 2.26. The average Bonchev–Trinajstić information content (AvgIpc) is 2.38. The summed E-state index contributed by atoms with van der Waals surface area (Å²) in [6, 6.07) is 1.64. The van der Waals surface area contributed by atoms with E-state index in [0.717, 1.165) is 6.07 Å². The zero-order valence-corrected chi connectivity index (χ0v) is 12.8. The fraction of sp³-hybridized carbons (Fsp3) is 0.417. The van der Waals surface area contributed by atoms with E-state index < -0.39 is 33.8 Å². The summed E-state index contributed by atoms with van der Waals surface area (Å²) in [7, 11) is 1.22. The highest BCUT2D eigenvalue weighted by atomic mass is 79.9. The van der Waals surface area contributed by atoms with Crippen LogP contribution in [0.3, 0.4) is 0 Å². The van der Waals surface area contributed by atoms with Gasteiger partial charge in [0.15, 0.2) is 5.75 Å². The Morgan fingerprint density at radius 1 is 1.55 bits per heavy atom. The normalized spacial score (nSPS) is 12.8. The maximum Gasteiger partial charge on any atom is 0.313 e. The fourth-order valence-electron chi connectivity index (χ4n) is 1.76. The molecule has 1 atom stereocenters. The number of methoxy groups -OCH3 is 1. The number of phenolic OH excluding ortho intramolecular Hbond substituents is 1. The van der Waals surface area contributed by atoms with Crippen molar-refractivity contribution in [2.75, 3.05) is 7.11 Å². The van der Waals surface area contributed by atoms with E-state index in [4.69, 9.17) is 5.73 Å². The zero-order valence-electron chi connectivity index (χ0n) is 11.2. The second-order valence-electron chi connectivity index (χ2n) is 4.81. The van der Waals surface area contributed by atoms with Crippen molar-refractivity contribution in [1.29, 1.82) is 0 Å². The van der Waals surface area contributed by atoms with Crippen LogP contribution in [0, 0.1) is 15.5 Å². The third-order valence-electron chi connectivity index (χ3n) is 3.10. The average molecular weight is 347 g/mol. The number of esters is 1. The Hall–Kier alpha value is -1.67. The lowest BCUT2D eigenvalue weighted by atomic mass is 9.80. The number of carbonyl (C=O) groups excluding carboxylic acids is 1. The van der Waals surface area contributed by atoms with Gasteiger partial charge in [-0.15, -0.1) is 0 Å². The molecule has 0 amide bonds. The first-order valence-electron chi connectivity index (χ1n) is 5.63. The van der Waals surface area contributed by atoms with Gasteiger partial charge in [-0.25, -0.2) is 0 Å². The molecule has 0 spiro atoms. The van der Waals surface area contributed by atoms with Gasteiger partial charge in [0.2, 0.25) is 0 Å². The van der Waals surface area contributed by atoms with Crippen molar-refractivity contribution in [1.82, 2.24) is 0 Å². The number of ether oxygens (including phenoxy) is 1. The van der Waals surface area contributed by atoms with E-state index in [-0.39, 0.29) is 5.56 Å². The minimum Gasteiger partial charge on any atom is -0.502 e. The molecule has 8 heteroatoms. The van der Waals surface area contributed by atoms with Crippen LogP contribution < -0.4 is 5.73 Å². The number of rotatable bonds is 4. The van der Waals surface area contributed by atoms with Crippen molar-refractivity contribution >= 4 is 27.6 Å². The van der Waals surface area contributed by atoms with Crippen LogP contribution in [0.25, 0.3) is 0 Å². The molecule has 0 bridgehead atoms. The van der Waals surface area contributed by atoms with Crippen molar-refractivity contribution in [3.05, 3.63) is 32.3 Å². The van der Waals surface area contributed by atoms with Gasteiger partial charge >= 0.3 is 11.7 Å². The number of hydrogen-bond acceptors (Lipinski definition) is 6. The largest absolute Gasteiger partial charge is 0.502 e. The predicted molar refractivity (Wildman–Crippen MR) is 75.2 cm³/mol. The van der Waals surface area contributed by atoms with Crippen molar-refractivity contribution in [3.63, 3.8) is 0 Å². The lowest BCUT2D eigenvalue weighted by Gasteiger charge is -2.29. The van der Waals surface area contributed by atoms with Crippen molar-refractivity contribution in [2.45, 2.75) is 19.9 Å². The summed E-state index contributed by atoms with van der Waals surface area (Å²) in [5.41, 5.74) is 4.45. The van der Waals surface area contributed by atoms with Gasteiger partial charge in [0, 0.05) is 22.1 Å². The van der Waals surface area contributed by atoms with E-state index in [1.165, 1.54) is 27.0 Å². The van der Waals surface area contributed by atoms with Crippen LogP contribution in [0.5, 0.6) is 5.75 Å². The van der Waals surface area contributed by atoms with Gasteiger partial charge in [-0.3, -0.25) is 14.9 Å². The summed E-state index contributed by atoms with van der Waals surface area (Å²) < 4.78 is 5.04. The van der Waals surface area contributed by atoms with Crippen LogP contribution in [0.15, 0.2) is 16.6 Å². The summed E-state index contributed by atoms with van der Waals surface area (Å²) in [5, 5.41) is 20.9. The first kappa shape index (κ1) is 16.4. The molecule has 7 nitrogen and oxygen atoms in total. The van der Waals surface area contributed by atoms with Crippen LogP contribution in [-0.4, -0.2) is 23.1 Å². The number of nitrogens with two attached hydrogens (primary N) is 1. The Morgan fingerprint density at radius 3 is 2.55 bits per heavy atom. The standard InChI is InChI=1S/C12H15BrN2O5/c1-12(2,11(17)20-3)10(14)7-4-6(13)5-8(9(7)16)15(18)19/h4-5,10,16H,14H2,1-3H3/t10-/m0/s1. The summed E-state index contributed by atoms with van der Waals surface area (Å²) in [6.45, 7) is 3.07. The van der Waals surface area contributed by atoms with Crippen molar-refractivity contribution in [2.24, 2.45) is 11.1 Å². The number of halogens is 1. The van der Waals surface area contributed by atoms with E-state index >= 15 is 0 Å². The number of nitro groups is 1. The van der Waals surface area contributed by atoms with Crippen LogP contribution >= 0.6 is 15.9 Å². The van der Waals surface area contributed by atoms with E-state index in [0.29, 0.717) is 4.47 Å². The molecule has 0 aromatic heterocycles. The van der Waals surface area contributed by atoms with Crippen LogP contribution in [0.2, 0.25) is 0 Å². The Balaban J connectivity index is 3.40. The van der Waals surface area contributed by atoms with E-state index in [1.54, 1.807) is 0 Å². The van der Waals surface area contributed by atoms with Gasteiger partial charge in [-0.1, -0.05) is 15.9 Å². The van der Waals surface area contributed by atoms with Gasteiger partial charge in [-0.2, -0.15) is 0 Å². The quantitative estimate of drug-likeness (QED) is 0.490. The van der Waals surface area contributed by atoms with Gasteiger partial charge in [-0.05, 0) is 19.9 Å². The number of benzene rings is 1. The summed E-state index contributed by atoms with van der Waals surface area (Å²) >= 11 is 3.12. The highest BCUT2D eigenvalue weighted by Gasteiger charge is 2.39. The third kappa shape index (κ3) is 2.91. The molecule has 1 rings (SSSR count). The fourth-order valence-corrected chi connectivity index (χ4v) is 2.22. The Bertz CT molecular complexity index is 559. The molecular weight excluding hydrogens is 332 g/mol. The molecule has 3 N–H and O–H groups in total. The smallest absolute Gasteiger partial charge is 0.313 e. The summed E-state index contributed by atoms with van der Waals surface area (Å²) in [6.07, 6.45) is 0. The Morgan fingerprint density at radius 2 is 2.10 bits per heavy atom. The Kier molecular flexibility index (Phi) is 4.72. The minimum absolute atomic E-state index is 0.0986. The van der Waals surface area contributed by atoms with E-state index in [2.05, 4.69) is 20.7 Å². The number of aromatic hydroxyl groups is 1. The molecule has 0 radical (unpaired) electrons. The minimum atomic E-state index is -1.15. The van der Waals surface area contributed by atoms with E-state index in [1.807, 2.05) is 0 Å². The molecule has 0 aliphatic heterocycles. The number of phenols is 1. The Labute approximate surface area is 124 Å². The summed E-state index contributed by atoms with van der Waals surface area (Å²) in [5.74, 6) is -1.13. The molecule has 0 fully saturated rings. The van der Waals surface area contributed by atoms with Gasteiger partial charge in [0.05, 0.1) is 17.4 Å². The molecular formula is C12H15BrN2O5. The third-order valence-corrected chi connectivity index (χ3v) is 3.56. The van der Waals surface area contributed by atoms with Crippen molar-refractivity contribution in [3.8, 4) is 5.75 Å². The zero-order chi connectivity index (χ0) is 15.7. The molecule has 0 saturated carbocycles. The number of carbonyl (C=O) groups is 1. The van der Waals surface area contributed by atoms with Crippen LogP contribution in [0.4, 0.5) is 5.69 Å². The van der Waals surface area contributed by atoms with Gasteiger partial charge in [0.1, 0.15) is 0 Å². The second-order valence-corrected chi connectivity index (χ2v) is 5.73. The highest BCUT2D eigenvalue weighted by molar-refractivity contribution is 9.10. The van der Waals surface area contributed by atoms with Crippen molar-refractivity contribution < 1.29 is 19.6 Å². The lowest BCUT2D eigenvalue weighted by Crippen LogP contribution is -2.37. The molecule has 0 saturated heterocycles. The highest BCUT2D eigenvalue weighted by Crippen LogP contribution is 2.42. The summed E-state index contributed by atoms with van der Waals surface area (Å²) in [4.78, 5) is 21.9. The molecule has 1 aromatic carbocycles. The molecule has 0 aliphatic carbocycles. The first-order valence-corrected chi connectivity index (χ1v) is 6.43.